The summed E-state index contributed by atoms with van der Waals surface area (Å²) in [5.41, 5.74) is 0.173. The van der Waals surface area contributed by atoms with Crippen LogP contribution in [0.4, 0.5) is 17.6 Å². The van der Waals surface area contributed by atoms with Crippen LogP contribution < -0.4 is 9.47 Å². The number of alkyl halides is 3. The van der Waals surface area contributed by atoms with E-state index in [1.54, 1.807) is 6.07 Å². The van der Waals surface area contributed by atoms with Crippen LogP contribution >= 0.6 is 11.6 Å². The molecule has 0 saturated carbocycles. The standard InChI is InChI=1S/C20H15ClF4O4/c1-3-10-4-5-15(14(22)6-10)28-17-9-16-11(8-13(17)21)7-12(19(26)27-2)18(29-16)20(23,24)25/h4-9,18H,3H2,1-2H3. The van der Waals surface area contributed by atoms with Crippen LogP contribution in [0.25, 0.3) is 6.08 Å². The molecule has 4 nitrogen and oxygen atoms in total. The molecule has 2 aromatic carbocycles. The van der Waals surface area contributed by atoms with Crippen LogP contribution in [-0.4, -0.2) is 25.4 Å². The maximum Gasteiger partial charge on any atom is 0.430 e. The Balaban J connectivity index is 2.00. The Morgan fingerprint density at radius 1 is 1.21 bits per heavy atom. The summed E-state index contributed by atoms with van der Waals surface area (Å²) >= 11 is 6.14. The quantitative estimate of drug-likeness (QED) is 0.460. The van der Waals surface area contributed by atoms with Crippen molar-refractivity contribution < 1.29 is 36.6 Å². The summed E-state index contributed by atoms with van der Waals surface area (Å²) in [6, 6.07) is 6.74. The van der Waals surface area contributed by atoms with Gasteiger partial charge in [-0.3, -0.25) is 0 Å². The molecule has 0 fully saturated rings. The van der Waals surface area contributed by atoms with Crippen molar-refractivity contribution in [3.05, 3.63) is 57.9 Å². The molecule has 1 atom stereocenters. The number of halogens is 5. The summed E-state index contributed by atoms with van der Waals surface area (Å²) in [5, 5.41) is -0.00255. The van der Waals surface area contributed by atoms with Gasteiger partial charge < -0.3 is 14.2 Å². The third-order valence-electron chi connectivity index (χ3n) is 4.25. The summed E-state index contributed by atoms with van der Waals surface area (Å²) in [4.78, 5) is 11.7. The highest BCUT2D eigenvalue weighted by Crippen LogP contribution is 2.43. The van der Waals surface area contributed by atoms with Gasteiger partial charge in [0.05, 0.1) is 17.7 Å². The van der Waals surface area contributed by atoms with Crippen molar-refractivity contribution in [2.45, 2.75) is 25.6 Å². The van der Waals surface area contributed by atoms with Gasteiger partial charge in [0.2, 0.25) is 6.10 Å². The monoisotopic (exact) mass is 430 g/mol. The lowest BCUT2D eigenvalue weighted by molar-refractivity contribution is -0.187. The highest BCUT2D eigenvalue weighted by Gasteiger charge is 2.48. The molecule has 0 aliphatic carbocycles. The van der Waals surface area contributed by atoms with Gasteiger partial charge in [-0.25, -0.2) is 9.18 Å². The van der Waals surface area contributed by atoms with E-state index < -0.39 is 29.6 Å². The lowest BCUT2D eigenvalue weighted by Crippen LogP contribution is -2.40. The van der Waals surface area contributed by atoms with E-state index in [1.807, 2.05) is 6.92 Å². The van der Waals surface area contributed by atoms with Crippen molar-refractivity contribution in [2.24, 2.45) is 0 Å². The predicted molar refractivity (Wildman–Crippen MR) is 97.8 cm³/mol. The van der Waals surface area contributed by atoms with Gasteiger partial charge >= 0.3 is 12.1 Å². The van der Waals surface area contributed by atoms with Crippen molar-refractivity contribution in [1.29, 1.82) is 0 Å². The molecule has 0 aromatic heterocycles. The van der Waals surface area contributed by atoms with E-state index >= 15 is 0 Å². The van der Waals surface area contributed by atoms with Gasteiger partial charge in [-0.1, -0.05) is 24.6 Å². The number of aryl methyl sites for hydroxylation is 1. The van der Waals surface area contributed by atoms with Crippen LogP contribution in [0.5, 0.6) is 17.2 Å². The van der Waals surface area contributed by atoms with Gasteiger partial charge in [0.1, 0.15) is 11.5 Å². The number of hydrogen-bond acceptors (Lipinski definition) is 4. The Bertz CT molecular complexity index is 985. The molecule has 0 spiro atoms. The van der Waals surface area contributed by atoms with Crippen molar-refractivity contribution in [2.75, 3.05) is 7.11 Å². The largest absolute Gasteiger partial charge is 0.475 e. The number of methoxy groups -OCH3 is 1. The molecule has 2 aromatic rings. The zero-order chi connectivity index (χ0) is 21.3. The van der Waals surface area contributed by atoms with E-state index in [4.69, 9.17) is 21.1 Å². The van der Waals surface area contributed by atoms with E-state index in [2.05, 4.69) is 4.74 Å². The molecule has 1 unspecified atom stereocenters. The fourth-order valence-electron chi connectivity index (χ4n) is 2.77. The van der Waals surface area contributed by atoms with Gasteiger partial charge in [-0.2, -0.15) is 13.2 Å². The van der Waals surface area contributed by atoms with Crippen LogP contribution in [0.1, 0.15) is 18.1 Å². The maximum absolute atomic E-state index is 14.2. The molecular weight excluding hydrogens is 416 g/mol. The first-order valence-corrected chi connectivity index (χ1v) is 8.85. The highest BCUT2D eigenvalue weighted by atomic mass is 35.5. The van der Waals surface area contributed by atoms with Gasteiger partial charge in [0, 0.05) is 11.6 Å². The van der Waals surface area contributed by atoms with Gasteiger partial charge in [0.25, 0.3) is 0 Å². The lowest BCUT2D eigenvalue weighted by Gasteiger charge is -2.28. The molecule has 0 N–H and O–H groups in total. The third kappa shape index (κ3) is 4.32. The van der Waals surface area contributed by atoms with Gasteiger partial charge in [-0.05, 0) is 36.3 Å². The van der Waals surface area contributed by atoms with E-state index in [0.717, 1.165) is 24.8 Å². The minimum atomic E-state index is -4.86. The Morgan fingerprint density at radius 2 is 1.93 bits per heavy atom. The summed E-state index contributed by atoms with van der Waals surface area (Å²) in [6.07, 6.45) is -5.76. The molecule has 0 bridgehead atoms. The molecule has 1 aliphatic rings. The number of esters is 1. The zero-order valence-corrected chi connectivity index (χ0v) is 16.0. The maximum atomic E-state index is 14.2. The number of fused-ring (bicyclic) bond motifs is 1. The summed E-state index contributed by atoms with van der Waals surface area (Å²) < 4.78 is 69.1. The van der Waals surface area contributed by atoms with Crippen molar-refractivity contribution in [3.8, 4) is 17.2 Å². The SMILES string of the molecule is CCc1ccc(Oc2cc3c(cc2Cl)C=C(C(=O)OC)C(C(F)(F)F)O3)c(F)c1. The van der Waals surface area contributed by atoms with Crippen LogP contribution in [0.15, 0.2) is 35.9 Å². The van der Waals surface area contributed by atoms with E-state index in [-0.39, 0.29) is 27.8 Å². The lowest BCUT2D eigenvalue weighted by atomic mass is 10.0. The van der Waals surface area contributed by atoms with Crippen molar-refractivity contribution in [1.82, 2.24) is 0 Å². The number of carbonyl (C=O) groups excluding carboxylic acids is 1. The first kappa shape index (κ1) is 21.0. The van der Waals surface area contributed by atoms with Gasteiger partial charge in [-0.15, -0.1) is 0 Å². The molecule has 0 saturated heterocycles. The fraction of sp³-hybridized carbons (Fsp3) is 0.250. The molecule has 9 heteroatoms. The second-order valence-corrected chi connectivity index (χ2v) is 6.58. The topological polar surface area (TPSA) is 44.8 Å². The first-order valence-electron chi connectivity index (χ1n) is 8.47. The normalized spacial score (nSPS) is 15.8. The average molecular weight is 431 g/mol. The first-order chi connectivity index (χ1) is 13.6. The van der Waals surface area contributed by atoms with Crippen LogP contribution in [0.2, 0.25) is 5.02 Å². The molecular formula is C20H15ClF4O4. The Kier molecular flexibility index (Phi) is 5.75. The number of rotatable bonds is 4. The third-order valence-corrected chi connectivity index (χ3v) is 4.54. The van der Waals surface area contributed by atoms with Gasteiger partial charge in [0.15, 0.2) is 11.6 Å². The minimum absolute atomic E-state index is 0.00255. The number of ether oxygens (including phenoxy) is 3. The van der Waals surface area contributed by atoms with E-state index in [0.29, 0.717) is 6.42 Å². The second-order valence-electron chi connectivity index (χ2n) is 6.17. The van der Waals surface area contributed by atoms with Crippen LogP contribution in [-0.2, 0) is 16.0 Å². The number of benzene rings is 2. The summed E-state index contributed by atoms with van der Waals surface area (Å²) in [6.45, 7) is 1.86. The second kappa shape index (κ2) is 7.94. The molecule has 1 aliphatic heterocycles. The van der Waals surface area contributed by atoms with Crippen LogP contribution in [0, 0.1) is 5.82 Å². The van der Waals surface area contributed by atoms with Crippen molar-refractivity contribution in [3.63, 3.8) is 0 Å². The number of hydrogen-bond donors (Lipinski definition) is 0. The molecule has 29 heavy (non-hydrogen) atoms. The zero-order valence-electron chi connectivity index (χ0n) is 15.3. The van der Waals surface area contributed by atoms with E-state index in [1.165, 1.54) is 18.2 Å². The molecule has 3 rings (SSSR count). The Morgan fingerprint density at radius 3 is 2.52 bits per heavy atom. The van der Waals surface area contributed by atoms with E-state index in [9.17, 15) is 22.4 Å². The summed E-state index contributed by atoms with van der Waals surface area (Å²) in [7, 11) is 0.967. The summed E-state index contributed by atoms with van der Waals surface area (Å²) in [5.74, 6) is -2.26. The molecule has 0 radical (unpaired) electrons. The van der Waals surface area contributed by atoms with Crippen molar-refractivity contribution >= 4 is 23.6 Å². The van der Waals surface area contributed by atoms with Crippen LogP contribution in [0.3, 0.4) is 0 Å². The smallest absolute Gasteiger partial charge is 0.430 e. The Labute approximate surface area is 168 Å². The molecule has 154 valence electrons. The predicted octanol–water partition coefficient (Wildman–Crippen LogP) is 5.71. The fourth-order valence-corrected chi connectivity index (χ4v) is 2.98. The Hall–Kier alpha value is -2.74. The average Bonchev–Trinajstić information content (AvgIpc) is 2.67. The molecule has 0 amide bonds. The highest BCUT2D eigenvalue weighted by molar-refractivity contribution is 6.32. The minimum Gasteiger partial charge on any atom is -0.475 e. The number of carbonyl (C=O) groups is 1. The molecule has 1 heterocycles.